The first-order chi connectivity index (χ1) is 6.99. The minimum Gasteiger partial charge on any atom is -0.657 e. The van der Waals surface area contributed by atoms with Crippen LogP contribution in [0, 0.1) is 24.4 Å². The van der Waals surface area contributed by atoms with E-state index in [0.717, 1.165) is 12.3 Å². The molecule has 18 heavy (non-hydrogen) atoms. The van der Waals surface area contributed by atoms with Crippen LogP contribution in [0.1, 0.15) is 34.1 Å². The molecule has 0 unspecified atom stereocenters. The van der Waals surface area contributed by atoms with Gasteiger partial charge in [0.2, 0.25) is 0 Å². The summed E-state index contributed by atoms with van der Waals surface area (Å²) >= 11 is 0. The molecular weight excluding hydrogens is 457 g/mol. The second-order valence-corrected chi connectivity index (χ2v) is 4.41. The largest absolute Gasteiger partial charge is 0.657 e. The monoisotopic (exact) mass is 480 g/mol. The van der Waals surface area contributed by atoms with Crippen LogP contribution in [0.25, 0.3) is 0 Å². The number of ether oxygens (including phenoxy) is 1. The number of esters is 1. The van der Waals surface area contributed by atoms with Crippen LogP contribution >= 0.6 is 0 Å². The third-order valence-electron chi connectivity index (χ3n) is 2.07. The predicted molar refractivity (Wildman–Crippen MR) is 61.9 cm³/mol. The number of hydrogen-bond acceptors (Lipinski definition) is 3. The maximum absolute atomic E-state index is 11.7. The second-order valence-electron chi connectivity index (χ2n) is 4.41. The van der Waals surface area contributed by atoms with Gasteiger partial charge in [-0.3, -0.25) is 10.7 Å². The van der Waals surface area contributed by atoms with Gasteiger partial charge in [0, 0.05) is 98.1 Å². The van der Waals surface area contributed by atoms with Gasteiger partial charge in [-0.25, -0.2) is 0 Å². The Morgan fingerprint density at radius 1 is 1.22 bits per heavy atom. The second kappa shape index (κ2) is 17.7. The molecule has 3 nitrogen and oxygen atoms in total. The van der Waals surface area contributed by atoms with Crippen molar-refractivity contribution in [3.8, 4) is 0 Å². The molecule has 99 valence electrons. The van der Waals surface area contributed by atoms with Crippen LogP contribution in [0.2, 0.25) is 0 Å². The van der Waals surface area contributed by atoms with E-state index in [1.165, 1.54) is 6.61 Å². The van der Waals surface area contributed by atoms with Gasteiger partial charge in [0.1, 0.15) is 5.97 Å². The predicted octanol–water partition coefficient (Wildman–Crippen LogP) is 2.18. The molecule has 0 heterocycles. The normalized spacial score (nSPS) is 9.06. The fourth-order valence-corrected chi connectivity index (χ4v) is 1.27. The Morgan fingerprint density at radius 3 is 2.06 bits per heavy atom. The van der Waals surface area contributed by atoms with Gasteiger partial charge in [0.25, 0.3) is 0 Å². The van der Waals surface area contributed by atoms with E-state index >= 15 is 0 Å². The third kappa shape index (κ3) is 15.0. The van der Waals surface area contributed by atoms with E-state index in [-0.39, 0.29) is 110 Å². The molecule has 0 aliphatic heterocycles. The van der Waals surface area contributed by atoms with Crippen LogP contribution in [0.4, 0.5) is 0 Å². The minimum absolute atomic E-state index is 0. The Hall–Kier alpha value is 2.61. The zero-order chi connectivity index (χ0) is 11.8. The summed E-state index contributed by atoms with van der Waals surface area (Å²) in [6, 6.07) is 0. The van der Waals surface area contributed by atoms with Crippen molar-refractivity contribution >= 4 is 5.97 Å². The first kappa shape index (κ1) is 28.7. The summed E-state index contributed by atoms with van der Waals surface area (Å²) in [6.45, 7) is 10.3. The molecule has 0 spiro atoms. The summed E-state index contributed by atoms with van der Waals surface area (Å²) in [5, 5.41) is 2.89. The van der Waals surface area contributed by atoms with Crippen LogP contribution in [0.5, 0.6) is 0 Å². The fraction of sp³-hybridized carbons (Fsp3) is 0.750. The molecule has 0 bridgehead atoms. The number of nitrogens with one attached hydrogen (secondary N) is 1. The van der Waals surface area contributed by atoms with Crippen molar-refractivity contribution in [2.75, 3.05) is 13.6 Å². The van der Waals surface area contributed by atoms with Gasteiger partial charge in [-0.15, -0.1) is 12.5 Å². The first-order valence-electron chi connectivity index (χ1n) is 5.52. The van der Waals surface area contributed by atoms with Crippen LogP contribution in [0.3, 0.4) is 0 Å². The van der Waals surface area contributed by atoms with Crippen molar-refractivity contribution in [3.05, 3.63) is 12.5 Å². The summed E-state index contributed by atoms with van der Waals surface area (Å²) in [6.07, 6.45) is 0.809. The van der Waals surface area contributed by atoms with E-state index in [0.29, 0.717) is 12.5 Å². The molecule has 0 saturated heterocycles. The number of carbonyl (C=O) groups is 1. The molecule has 0 amide bonds. The van der Waals surface area contributed by atoms with Crippen LogP contribution in [-0.4, -0.2) is 19.6 Å². The van der Waals surface area contributed by atoms with Gasteiger partial charge < -0.3 is 10.1 Å². The van der Waals surface area contributed by atoms with Gasteiger partial charge in [-0.2, -0.15) is 6.42 Å². The molecule has 0 aliphatic carbocycles. The molecule has 0 fully saturated rings. The molecule has 0 aromatic heterocycles. The number of carbonyl (C=O) groups excluding carboxylic acids is 1. The van der Waals surface area contributed by atoms with E-state index in [1.54, 1.807) is 0 Å². The van der Waals surface area contributed by atoms with E-state index in [4.69, 9.17) is 4.74 Å². The first-order valence-corrected chi connectivity index (χ1v) is 5.52. The Kier molecular flexibility index (Phi) is 28.2. The quantitative estimate of drug-likeness (QED) is 0.345. The van der Waals surface area contributed by atoms with Crippen molar-refractivity contribution in [1.82, 2.24) is 5.32 Å². The average Bonchev–Trinajstić information content (AvgIpc) is 2.13. The molecule has 0 aromatic rings. The molecule has 0 saturated carbocycles. The van der Waals surface area contributed by atoms with Crippen LogP contribution in [0.15, 0.2) is 0 Å². The summed E-state index contributed by atoms with van der Waals surface area (Å²) in [4.78, 5) is 11.7. The summed E-state index contributed by atoms with van der Waals surface area (Å²) in [5.74, 6) is 1.42. The molecule has 0 aliphatic rings. The zero-order valence-electron chi connectivity index (χ0n) is 12.2. The molecule has 6 heteroatoms. The van der Waals surface area contributed by atoms with Crippen molar-refractivity contribution < 1.29 is 108 Å². The average molecular weight is 480 g/mol. The van der Waals surface area contributed by atoms with Gasteiger partial charge in [0.15, 0.2) is 0 Å². The number of rotatable bonds is 7. The van der Waals surface area contributed by atoms with E-state index in [2.05, 4.69) is 19.2 Å². The Balaban J connectivity index is -0.000000327. The Bertz CT molecular complexity index is 190. The maximum atomic E-state index is 11.7. The van der Waals surface area contributed by atoms with Gasteiger partial charge in [0.05, 0.1) is 0 Å². The standard InChI is InChI=1S/C12H23NO2.3Y/c1-9(2)8-11(10(3)4)12(14)15-7-6-13-5;;;/h7,9-10,13H,6,8H2,1-5H3;;;/q-2;;;. The van der Waals surface area contributed by atoms with E-state index in [9.17, 15) is 4.79 Å². The van der Waals surface area contributed by atoms with Gasteiger partial charge >= 0.3 is 0 Å². The van der Waals surface area contributed by atoms with Gasteiger partial charge in [-0.1, -0.05) is 40.2 Å². The van der Waals surface area contributed by atoms with E-state index < -0.39 is 0 Å². The Labute approximate surface area is 188 Å². The summed E-state index contributed by atoms with van der Waals surface area (Å²) < 4.78 is 5.04. The maximum Gasteiger partial charge on any atom is 0.137 e. The minimum atomic E-state index is -0.186. The van der Waals surface area contributed by atoms with Crippen LogP contribution in [-0.2, 0) is 108 Å². The van der Waals surface area contributed by atoms with Crippen molar-refractivity contribution in [2.24, 2.45) is 11.8 Å². The van der Waals surface area contributed by atoms with E-state index in [1.807, 2.05) is 20.9 Å². The molecule has 3 radical (unpaired) electrons. The smallest absolute Gasteiger partial charge is 0.137 e. The van der Waals surface area contributed by atoms with Crippen LogP contribution < -0.4 is 5.32 Å². The molecule has 0 rings (SSSR count). The zero-order valence-corrected chi connectivity index (χ0v) is 20.7. The van der Waals surface area contributed by atoms with Crippen molar-refractivity contribution in [3.63, 3.8) is 0 Å². The molecule has 0 aromatic carbocycles. The number of likely N-dealkylation sites (N-methyl/N-ethyl adjacent to an activating group) is 1. The van der Waals surface area contributed by atoms with Gasteiger partial charge in [-0.05, 0) is 7.05 Å². The summed E-state index contributed by atoms with van der Waals surface area (Å²) in [7, 11) is 1.81. The van der Waals surface area contributed by atoms with Crippen molar-refractivity contribution in [2.45, 2.75) is 34.1 Å². The van der Waals surface area contributed by atoms with Crippen molar-refractivity contribution in [1.29, 1.82) is 0 Å². The molecular formula is C12H23NO2Y3-2. The SMILES string of the molecule is CNC[CH-]OC(=O)[C-](CC(C)C)C(C)C.[Y].[Y].[Y]. The molecule has 0 atom stereocenters. The third-order valence-corrected chi connectivity index (χ3v) is 2.07. The topological polar surface area (TPSA) is 38.3 Å². The summed E-state index contributed by atoms with van der Waals surface area (Å²) in [5.41, 5.74) is 0. The molecule has 1 N–H and O–H groups in total. The number of hydrogen-bond donors (Lipinski definition) is 1. The fourth-order valence-electron chi connectivity index (χ4n) is 1.27. The Morgan fingerprint density at radius 2 is 1.72 bits per heavy atom.